The lowest BCUT2D eigenvalue weighted by atomic mass is 9.95. The van der Waals surface area contributed by atoms with Crippen LogP contribution in [0.5, 0.6) is 11.5 Å². The lowest BCUT2D eigenvalue weighted by Crippen LogP contribution is -2.29. The Morgan fingerprint density at radius 2 is 1.66 bits per heavy atom. The van der Waals surface area contributed by atoms with Gasteiger partial charge in [0.2, 0.25) is 5.91 Å². The van der Waals surface area contributed by atoms with Crippen molar-refractivity contribution in [2.75, 3.05) is 24.4 Å². The first-order chi connectivity index (χ1) is 16.9. The highest BCUT2D eigenvalue weighted by Crippen LogP contribution is 2.45. The van der Waals surface area contributed by atoms with E-state index in [-0.39, 0.29) is 28.5 Å². The molecule has 2 N–H and O–H groups in total. The number of aromatic nitrogens is 1. The molecule has 9 nitrogen and oxygen atoms in total. The molecule has 35 heavy (non-hydrogen) atoms. The molecule has 178 valence electrons. The van der Waals surface area contributed by atoms with Crippen LogP contribution in [0, 0.1) is 0 Å². The molecule has 2 amide bonds. The number of aliphatic hydroxyl groups is 1. The Kier molecular flexibility index (Phi) is 6.50. The monoisotopic (exact) mass is 473 g/mol. The Morgan fingerprint density at radius 3 is 2.20 bits per heavy atom. The minimum atomic E-state index is -0.968. The van der Waals surface area contributed by atoms with E-state index >= 15 is 0 Å². The Morgan fingerprint density at radius 1 is 1.00 bits per heavy atom. The van der Waals surface area contributed by atoms with Gasteiger partial charge >= 0.3 is 0 Å². The van der Waals surface area contributed by atoms with E-state index in [1.54, 1.807) is 60.8 Å². The number of pyridine rings is 1. The van der Waals surface area contributed by atoms with E-state index in [4.69, 9.17) is 9.47 Å². The molecule has 1 atom stereocenters. The second-order valence-electron chi connectivity index (χ2n) is 7.72. The number of methoxy groups -OCH3 is 2. The second kappa shape index (κ2) is 9.68. The summed E-state index contributed by atoms with van der Waals surface area (Å²) in [5.74, 6) is -1.80. The molecule has 1 aromatic heterocycles. The zero-order valence-corrected chi connectivity index (χ0v) is 19.3. The number of hydrogen-bond donors (Lipinski definition) is 2. The van der Waals surface area contributed by atoms with Crippen LogP contribution in [0.25, 0.3) is 5.76 Å². The largest absolute Gasteiger partial charge is 0.506 e. The highest BCUT2D eigenvalue weighted by atomic mass is 16.5. The van der Waals surface area contributed by atoms with Crippen molar-refractivity contribution in [2.45, 2.75) is 13.0 Å². The third-order valence-corrected chi connectivity index (χ3v) is 5.58. The normalized spacial score (nSPS) is 16.8. The molecule has 4 rings (SSSR count). The third kappa shape index (κ3) is 4.31. The van der Waals surface area contributed by atoms with Gasteiger partial charge in [-0.05, 0) is 48.0 Å². The van der Waals surface area contributed by atoms with E-state index < -0.39 is 23.5 Å². The van der Waals surface area contributed by atoms with E-state index in [2.05, 4.69) is 10.3 Å². The fourth-order valence-corrected chi connectivity index (χ4v) is 4.08. The van der Waals surface area contributed by atoms with E-state index in [1.165, 1.54) is 32.2 Å². The van der Waals surface area contributed by atoms with Gasteiger partial charge < -0.3 is 19.9 Å². The van der Waals surface area contributed by atoms with Gasteiger partial charge in [0, 0.05) is 30.7 Å². The summed E-state index contributed by atoms with van der Waals surface area (Å²) in [4.78, 5) is 43.4. The van der Waals surface area contributed by atoms with E-state index in [1.807, 2.05) is 0 Å². The molecule has 1 unspecified atom stereocenters. The summed E-state index contributed by atoms with van der Waals surface area (Å²) in [5, 5.41) is 14.1. The number of rotatable bonds is 6. The molecule has 1 aliphatic heterocycles. The molecular weight excluding hydrogens is 450 g/mol. The third-order valence-electron chi connectivity index (χ3n) is 5.58. The number of carbonyl (C=O) groups is 3. The topological polar surface area (TPSA) is 118 Å². The zero-order chi connectivity index (χ0) is 25.1. The number of amides is 2. The lowest BCUT2D eigenvalue weighted by molar-refractivity contribution is -0.132. The van der Waals surface area contributed by atoms with Crippen LogP contribution in [0.3, 0.4) is 0 Å². The van der Waals surface area contributed by atoms with Gasteiger partial charge in [0.1, 0.15) is 22.8 Å². The molecule has 0 bridgehead atoms. The number of nitrogens with one attached hydrogen (secondary N) is 1. The quantitative estimate of drug-likeness (QED) is 0.318. The number of nitrogens with zero attached hydrogens (tertiary/aromatic N) is 2. The first-order valence-corrected chi connectivity index (χ1v) is 10.7. The van der Waals surface area contributed by atoms with Gasteiger partial charge in [-0.3, -0.25) is 24.3 Å². The maximum atomic E-state index is 13.3. The van der Waals surface area contributed by atoms with Gasteiger partial charge in [-0.15, -0.1) is 0 Å². The predicted molar refractivity (Wildman–Crippen MR) is 129 cm³/mol. The van der Waals surface area contributed by atoms with Crippen molar-refractivity contribution in [3.63, 3.8) is 0 Å². The standard InChI is InChI=1S/C26H23N3O6/c1-15(30)28-17-9-11-18(12-10-17)29-23(16-6-5-13-27-14-16)22(25(32)26(29)33)24(31)21-19(34-2)7-4-8-20(21)35-3/h4-14,23,31H,1-3H3,(H,28,30)/b24-22+. The highest BCUT2D eigenvalue weighted by molar-refractivity contribution is 6.51. The van der Waals surface area contributed by atoms with Crippen molar-refractivity contribution in [3.05, 3.63) is 83.7 Å². The van der Waals surface area contributed by atoms with Crippen LogP contribution < -0.4 is 19.7 Å². The summed E-state index contributed by atoms with van der Waals surface area (Å²) < 4.78 is 10.8. The van der Waals surface area contributed by atoms with Crippen LogP contribution in [0.2, 0.25) is 0 Å². The van der Waals surface area contributed by atoms with Gasteiger partial charge in [0.15, 0.2) is 0 Å². The molecule has 2 aromatic carbocycles. The zero-order valence-electron chi connectivity index (χ0n) is 19.3. The van der Waals surface area contributed by atoms with Gasteiger partial charge in [-0.2, -0.15) is 0 Å². The molecule has 2 heterocycles. The number of benzene rings is 2. The summed E-state index contributed by atoms with van der Waals surface area (Å²) in [6.45, 7) is 1.39. The molecule has 0 spiro atoms. The fourth-order valence-electron chi connectivity index (χ4n) is 4.08. The minimum absolute atomic E-state index is 0.128. The summed E-state index contributed by atoms with van der Waals surface area (Å²) >= 11 is 0. The van der Waals surface area contributed by atoms with E-state index in [0.29, 0.717) is 16.9 Å². The van der Waals surface area contributed by atoms with E-state index in [9.17, 15) is 19.5 Å². The Bertz CT molecular complexity index is 1300. The minimum Gasteiger partial charge on any atom is -0.506 e. The average Bonchev–Trinajstić information content (AvgIpc) is 3.14. The van der Waals surface area contributed by atoms with Crippen molar-refractivity contribution in [1.82, 2.24) is 4.98 Å². The average molecular weight is 473 g/mol. The number of ketones is 1. The summed E-state index contributed by atoms with van der Waals surface area (Å²) in [6.07, 6.45) is 3.10. The molecule has 1 fully saturated rings. The van der Waals surface area contributed by atoms with Crippen LogP contribution in [-0.2, 0) is 14.4 Å². The van der Waals surface area contributed by atoms with Gasteiger partial charge in [0.25, 0.3) is 11.7 Å². The van der Waals surface area contributed by atoms with Gasteiger partial charge in [-0.25, -0.2) is 0 Å². The Labute approximate surface area is 201 Å². The SMILES string of the molecule is COc1cccc(OC)c1/C(O)=C1\C(=O)C(=O)N(c2ccc(NC(C)=O)cc2)C1c1cccnc1. The lowest BCUT2D eigenvalue weighted by Gasteiger charge is -2.25. The summed E-state index contributed by atoms with van der Waals surface area (Å²) in [6, 6.07) is 13.8. The Hall–Kier alpha value is -4.66. The van der Waals surface area contributed by atoms with Crippen molar-refractivity contribution in [2.24, 2.45) is 0 Å². The number of Topliss-reactive ketones (excluding diaryl/α,β-unsaturated/α-hetero) is 1. The van der Waals surface area contributed by atoms with E-state index in [0.717, 1.165) is 0 Å². The summed E-state index contributed by atoms with van der Waals surface area (Å²) in [7, 11) is 2.86. The first-order valence-electron chi connectivity index (χ1n) is 10.7. The van der Waals surface area contributed by atoms with Crippen LogP contribution >= 0.6 is 0 Å². The molecule has 0 aliphatic carbocycles. The van der Waals surface area contributed by atoms with Crippen molar-refractivity contribution in [1.29, 1.82) is 0 Å². The smallest absolute Gasteiger partial charge is 0.300 e. The van der Waals surface area contributed by atoms with Crippen LogP contribution in [-0.4, -0.2) is 41.9 Å². The molecule has 0 radical (unpaired) electrons. The van der Waals surface area contributed by atoms with Crippen LogP contribution in [0.4, 0.5) is 11.4 Å². The predicted octanol–water partition coefficient (Wildman–Crippen LogP) is 3.68. The molecule has 3 aromatic rings. The molecule has 1 aliphatic rings. The molecule has 0 saturated carbocycles. The number of carbonyl (C=O) groups excluding carboxylic acids is 3. The van der Waals surface area contributed by atoms with Crippen LogP contribution in [0.15, 0.2) is 72.6 Å². The summed E-state index contributed by atoms with van der Waals surface area (Å²) in [5.41, 5.74) is 1.49. The van der Waals surface area contributed by atoms with Gasteiger partial charge in [-0.1, -0.05) is 12.1 Å². The Balaban J connectivity index is 1.93. The number of aliphatic hydroxyl groups excluding tert-OH is 1. The number of anilines is 2. The molecule has 9 heteroatoms. The second-order valence-corrected chi connectivity index (χ2v) is 7.72. The maximum Gasteiger partial charge on any atom is 0.300 e. The van der Waals surface area contributed by atoms with Crippen molar-refractivity contribution >= 4 is 34.7 Å². The maximum absolute atomic E-state index is 13.3. The van der Waals surface area contributed by atoms with Crippen molar-refractivity contribution < 1.29 is 29.0 Å². The van der Waals surface area contributed by atoms with Crippen LogP contribution in [0.1, 0.15) is 24.1 Å². The molecule has 1 saturated heterocycles. The van der Waals surface area contributed by atoms with Gasteiger partial charge in [0.05, 0.1) is 25.8 Å². The number of ether oxygens (including phenoxy) is 2. The van der Waals surface area contributed by atoms with Crippen molar-refractivity contribution in [3.8, 4) is 11.5 Å². The number of hydrogen-bond acceptors (Lipinski definition) is 7. The first kappa shape index (κ1) is 23.5. The highest BCUT2D eigenvalue weighted by Gasteiger charge is 2.47. The molecular formula is C26H23N3O6. The fraction of sp³-hybridized carbons (Fsp3) is 0.154.